The molecule has 0 saturated carbocycles. The molecule has 4 nitrogen and oxygen atoms in total. The highest BCUT2D eigenvalue weighted by Crippen LogP contribution is 2.23. The Balaban J connectivity index is 2.16. The van der Waals surface area contributed by atoms with E-state index in [9.17, 15) is 17.6 Å². The summed E-state index contributed by atoms with van der Waals surface area (Å²) in [6, 6.07) is 7.86. The lowest BCUT2D eigenvalue weighted by Crippen LogP contribution is -2.29. The van der Waals surface area contributed by atoms with E-state index in [0.717, 1.165) is 17.5 Å². The first-order valence-electron chi connectivity index (χ1n) is 6.33. The number of halogens is 4. The molecule has 0 bridgehead atoms. The van der Waals surface area contributed by atoms with Crippen molar-refractivity contribution in [1.82, 2.24) is 4.72 Å². The van der Waals surface area contributed by atoms with E-state index in [0.29, 0.717) is 10.6 Å². The van der Waals surface area contributed by atoms with Gasteiger partial charge in [-0.1, -0.05) is 29.3 Å². The molecule has 0 unspecified atom stereocenters. The summed E-state index contributed by atoms with van der Waals surface area (Å²) in [6.45, 7) is 0. The van der Waals surface area contributed by atoms with Crippen molar-refractivity contribution < 1.29 is 17.6 Å². The summed E-state index contributed by atoms with van der Waals surface area (Å²) in [5.74, 6) is -1.44. The number of benzene rings is 2. The number of hydrogen-bond acceptors (Lipinski definition) is 3. The maximum atomic E-state index is 13.0. The van der Waals surface area contributed by atoms with Crippen LogP contribution < -0.4 is 4.72 Å². The van der Waals surface area contributed by atoms with E-state index >= 15 is 0 Å². The van der Waals surface area contributed by atoms with Crippen LogP contribution in [0.4, 0.5) is 4.39 Å². The zero-order valence-electron chi connectivity index (χ0n) is 11.8. The predicted molar refractivity (Wildman–Crippen MR) is 96.0 cm³/mol. The molecule has 0 spiro atoms. The smallest absolute Gasteiger partial charge is 0.266 e. The molecule has 24 heavy (non-hydrogen) atoms. The number of nitrogens with one attached hydrogen (secondary N) is 1. The van der Waals surface area contributed by atoms with E-state index in [-0.39, 0.29) is 15.1 Å². The molecule has 0 aliphatic heterocycles. The minimum atomic E-state index is -4.05. The predicted octanol–water partition coefficient (Wildman–Crippen LogP) is 4.63. The van der Waals surface area contributed by atoms with Gasteiger partial charge in [0.2, 0.25) is 0 Å². The van der Waals surface area contributed by atoms with Crippen molar-refractivity contribution in [3.05, 3.63) is 73.3 Å². The SMILES string of the molecule is O=C(NS(=O)(=O)/C=C/c1ccc(Cl)c(Cl)c1)c1ccc(F)cc1Br. The Hall–Kier alpha value is -1.41. The Bertz CT molecular complexity index is 932. The van der Waals surface area contributed by atoms with Gasteiger partial charge in [0, 0.05) is 4.47 Å². The van der Waals surface area contributed by atoms with Gasteiger partial charge in [-0.05, 0) is 57.9 Å². The summed E-state index contributed by atoms with van der Waals surface area (Å²) in [5.41, 5.74) is 0.480. The van der Waals surface area contributed by atoms with E-state index in [1.54, 1.807) is 6.07 Å². The van der Waals surface area contributed by atoms with Gasteiger partial charge in [-0.3, -0.25) is 4.79 Å². The second-order valence-electron chi connectivity index (χ2n) is 4.58. The zero-order valence-corrected chi connectivity index (χ0v) is 15.7. The second kappa shape index (κ2) is 7.65. The Morgan fingerprint density at radius 1 is 1.12 bits per heavy atom. The average molecular weight is 453 g/mol. The molecule has 2 rings (SSSR count). The van der Waals surface area contributed by atoms with Crippen molar-refractivity contribution >= 4 is 61.1 Å². The second-order valence-corrected chi connectivity index (χ2v) is 7.81. The van der Waals surface area contributed by atoms with Gasteiger partial charge in [0.05, 0.1) is 21.0 Å². The zero-order chi connectivity index (χ0) is 17.9. The normalized spacial score (nSPS) is 11.7. The van der Waals surface area contributed by atoms with Gasteiger partial charge in [0.25, 0.3) is 15.9 Å². The molecular formula is C15H9BrCl2FNO3S. The molecule has 126 valence electrons. The van der Waals surface area contributed by atoms with Crippen LogP contribution in [0.5, 0.6) is 0 Å². The van der Waals surface area contributed by atoms with Gasteiger partial charge >= 0.3 is 0 Å². The minimum absolute atomic E-state index is 0.0112. The monoisotopic (exact) mass is 451 g/mol. The van der Waals surface area contributed by atoms with Gasteiger partial charge in [0.15, 0.2) is 0 Å². The Labute approximate surface area is 156 Å². The Morgan fingerprint density at radius 3 is 2.46 bits per heavy atom. The molecular weight excluding hydrogens is 444 g/mol. The fraction of sp³-hybridized carbons (Fsp3) is 0. The molecule has 0 atom stereocenters. The lowest BCUT2D eigenvalue weighted by Gasteiger charge is -2.05. The number of carbonyl (C=O) groups is 1. The van der Waals surface area contributed by atoms with Crippen LogP contribution in [0, 0.1) is 5.82 Å². The van der Waals surface area contributed by atoms with Crippen LogP contribution >= 0.6 is 39.1 Å². The maximum Gasteiger partial charge on any atom is 0.266 e. The van der Waals surface area contributed by atoms with Gasteiger partial charge in [-0.2, -0.15) is 0 Å². The first-order chi connectivity index (χ1) is 11.2. The molecule has 2 aromatic rings. The van der Waals surface area contributed by atoms with Gasteiger partial charge in [-0.15, -0.1) is 0 Å². The molecule has 1 N–H and O–H groups in total. The summed E-state index contributed by atoms with van der Waals surface area (Å²) in [7, 11) is -4.05. The van der Waals surface area contributed by atoms with Crippen molar-refractivity contribution in [2.75, 3.05) is 0 Å². The highest BCUT2D eigenvalue weighted by molar-refractivity contribution is 9.10. The molecule has 0 radical (unpaired) electrons. The van der Waals surface area contributed by atoms with Gasteiger partial charge in [-0.25, -0.2) is 17.5 Å². The van der Waals surface area contributed by atoms with Crippen LogP contribution in [0.25, 0.3) is 6.08 Å². The third kappa shape index (κ3) is 5.04. The van der Waals surface area contributed by atoms with Crippen LogP contribution in [0.1, 0.15) is 15.9 Å². The molecule has 0 aliphatic carbocycles. The molecule has 0 aliphatic rings. The van der Waals surface area contributed by atoms with Crippen molar-refractivity contribution in [2.24, 2.45) is 0 Å². The van der Waals surface area contributed by atoms with Crippen molar-refractivity contribution in [1.29, 1.82) is 0 Å². The Morgan fingerprint density at radius 2 is 1.83 bits per heavy atom. The first-order valence-corrected chi connectivity index (χ1v) is 9.43. The van der Waals surface area contributed by atoms with E-state index in [1.165, 1.54) is 24.3 Å². The summed E-state index contributed by atoms with van der Waals surface area (Å²) < 4.78 is 38.9. The molecule has 9 heteroatoms. The maximum absolute atomic E-state index is 13.0. The van der Waals surface area contributed by atoms with Crippen LogP contribution in [-0.2, 0) is 10.0 Å². The van der Waals surface area contributed by atoms with Crippen molar-refractivity contribution in [3.63, 3.8) is 0 Å². The van der Waals surface area contributed by atoms with E-state index in [2.05, 4.69) is 15.9 Å². The number of rotatable bonds is 4. The van der Waals surface area contributed by atoms with E-state index in [4.69, 9.17) is 23.2 Å². The quantitative estimate of drug-likeness (QED) is 0.735. The lowest BCUT2D eigenvalue weighted by molar-refractivity contribution is 0.0981. The average Bonchev–Trinajstić information content (AvgIpc) is 2.48. The van der Waals surface area contributed by atoms with E-state index < -0.39 is 21.7 Å². The fourth-order valence-electron chi connectivity index (χ4n) is 1.68. The highest BCUT2D eigenvalue weighted by Gasteiger charge is 2.16. The summed E-state index contributed by atoms with van der Waals surface area (Å²) in [4.78, 5) is 12.0. The Kier molecular flexibility index (Phi) is 6.03. The van der Waals surface area contributed by atoms with Crippen molar-refractivity contribution in [2.45, 2.75) is 0 Å². The minimum Gasteiger partial charge on any atom is -0.268 e. The van der Waals surface area contributed by atoms with Gasteiger partial charge < -0.3 is 0 Å². The first kappa shape index (κ1) is 18.9. The highest BCUT2D eigenvalue weighted by atomic mass is 79.9. The van der Waals surface area contributed by atoms with E-state index in [1.807, 2.05) is 4.72 Å². The van der Waals surface area contributed by atoms with Crippen LogP contribution in [-0.4, -0.2) is 14.3 Å². The summed E-state index contributed by atoms with van der Waals surface area (Å²) >= 11 is 14.6. The van der Waals surface area contributed by atoms with Crippen molar-refractivity contribution in [3.8, 4) is 0 Å². The molecule has 0 saturated heterocycles. The third-order valence-electron chi connectivity index (χ3n) is 2.79. The largest absolute Gasteiger partial charge is 0.268 e. The number of hydrogen-bond donors (Lipinski definition) is 1. The molecule has 1 amide bonds. The van der Waals surface area contributed by atoms with Gasteiger partial charge in [0.1, 0.15) is 5.82 Å². The van der Waals surface area contributed by atoms with Crippen LogP contribution in [0.3, 0.4) is 0 Å². The lowest BCUT2D eigenvalue weighted by atomic mass is 10.2. The number of amides is 1. The third-order valence-corrected chi connectivity index (χ3v) is 5.15. The number of carbonyl (C=O) groups excluding carboxylic acids is 1. The summed E-state index contributed by atoms with van der Waals surface area (Å²) in [5, 5.41) is 1.43. The number of sulfonamides is 1. The fourth-order valence-corrected chi connectivity index (χ4v) is 3.29. The topological polar surface area (TPSA) is 63.2 Å². The molecule has 2 aromatic carbocycles. The van der Waals surface area contributed by atoms with Crippen LogP contribution in [0.2, 0.25) is 10.0 Å². The van der Waals surface area contributed by atoms with Crippen LogP contribution in [0.15, 0.2) is 46.3 Å². The molecule has 0 fully saturated rings. The summed E-state index contributed by atoms with van der Waals surface area (Å²) in [6.07, 6.45) is 1.26. The molecule has 0 heterocycles. The standard InChI is InChI=1S/C15H9BrCl2FNO3S/c16-12-8-10(19)2-3-11(12)15(21)20-24(22,23)6-5-9-1-4-13(17)14(18)7-9/h1-8H,(H,20,21)/b6-5+. The molecule has 0 aromatic heterocycles.